The maximum atomic E-state index is 10.4. The van der Waals surface area contributed by atoms with Crippen LogP contribution in [0.25, 0.3) is 0 Å². The Labute approximate surface area is 82.9 Å². The summed E-state index contributed by atoms with van der Waals surface area (Å²) in [5.74, 6) is 1.01. The molecule has 0 aromatic carbocycles. The van der Waals surface area contributed by atoms with E-state index in [0.717, 1.165) is 31.7 Å². The lowest BCUT2D eigenvalue weighted by Crippen LogP contribution is -2.34. The molecule has 0 spiro atoms. The molecule has 4 nitrogen and oxygen atoms in total. The van der Waals surface area contributed by atoms with E-state index in [9.17, 15) is 4.79 Å². The molecule has 4 heteroatoms. The van der Waals surface area contributed by atoms with Gasteiger partial charge in [0, 0.05) is 25.2 Å². The van der Waals surface area contributed by atoms with Crippen molar-refractivity contribution in [1.29, 1.82) is 0 Å². The SMILES string of the molecule is O=[C]C1CCN(c2cccnn2)CC1. The maximum absolute atomic E-state index is 10.4. The van der Waals surface area contributed by atoms with Crippen LogP contribution in [0.15, 0.2) is 18.3 Å². The van der Waals surface area contributed by atoms with Crippen molar-refractivity contribution in [3.63, 3.8) is 0 Å². The lowest BCUT2D eigenvalue weighted by molar-refractivity contribution is 0.456. The van der Waals surface area contributed by atoms with E-state index < -0.39 is 0 Å². The normalized spacial score (nSPS) is 18.1. The zero-order valence-corrected chi connectivity index (χ0v) is 7.89. The predicted molar refractivity (Wildman–Crippen MR) is 52.7 cm³/mol. The molecular formula is C10H12N3O. The van der Waals surface area contributed by atoms with Gasteiger partial charge in [-0.2, -0.15) is 5.10 Å². The fourth-order valence-corrected chi connectivity index (χ4v) is 1.69. The lowest BCUT2D eigenvalue weighted by atomic mass is 9.99. The molecule has 0 bridgehead atoms. The van der Waals surface area contributed by atoms with Crippen LogP contribution in [-0.4, -0.2) is 29.6 Å². The quantitative estimate of drug-likeness (QED) is 0.692. The minimum Gasteiger partial charge on any atom is -0.355 e. The van der Waals surface area contributed by atoms with Crippen molar-refractivity contribution in [2.45, 2.75) is 12.8 Å². The maximum Gasteiger partial charge on any atom is 0.201 e. The highest BCUT2D eigenvalue weighted by molar-refractivity contribution is 5.55. The van der Waals surface area contributed by atoms with E-state index in [0.29, 0.717) is 0 Å². The first-order chi connectivity index (χ1) is 6.90. The highest BCUT2D eigenvalue weighted by Gasteiger charge is 2.19. The summed E-state index contributed by atoms with van der Waals surface area (Å²) in [7, 11) is 0. The molecular weight excluding hydrogens is 178 g/mol. The monoisotopic (exact) mass is 190 g/mol. The Bertz CT molecular complexity index is 293. The van der Waals surface area contributed by atoms with Gasteiger partial charge in [0.25, 0.3) is 0 Å². The van der Waals surface area contributed by atoms with E-state index in [1.165, 1.54) is 0 Å². The number of piperidine rings is 1. The first-order valence-electron chi connectivity index (χ1n) is 4.80. The molecule has 1 fully saturated rings. The second-order valence-electron chi connectivity index (χ2n) is 3.46. The van der Waals surface area contributed by atoms with Gasteiger partial charge >= 0.3 is 0 Å². The third-order valence-electron chi connectivity index (χ3n) is 2.54. The number of rotatable bonds is 2. The fraction of sp³-hybridized carbons (Fsp3) is 0.500. The summed E-state index contributed by atoms with van der Waals surface area (Å²) in [5.41, 5.74) is 0. The average Bonchev–Trinajstić information content (AvgIpc) is 2.30. The van der Waals surface area contributed by atoms with E-state index in [1.807, 2.05) is 12.1 Å². The van der Waals surface area contributed by atoms with Crippen molar-refractivity contribution >= 4 is 12.1 Å². The van der Waals surface area contributed by atoms with Gasteiger partial charge in [-0.05, 0) is 25.0 Å². The molecule has 73 valence electrons. The predicted octanol–water partition coefficient (Wildman–Crippen LogP) is 0.803. The van der Waals surface area contributed by atoms with Gasteiger partial charge in [0.1, 0.15) is 0 Å². The van der Waals surface area contributed by atoms with Crippen LogP contribution >= 0.6 is 0 Å². The van der Waals surface area contributed by atoms with Gasteiger partial charge in [-0.1, -0.05) is 0 Å². The highest BCUT2D eigenvalue weighted by atomic mass is 16.1. The molecule has 0 N–H and O–H groups in total. The molecule has 0 atom stereocenters. The van der Waals surface area contributed by atoms with Crippen molar-refractivity contribution in [2.24, 2.45) is 5.92 Å². The van der Waals surface area contributed by atoms with Crippen LogP contribution in [0.4, 0.5) is 5.82 Å². The zero-order valence-electron chi connectivity index (χ0n) is 7.89. The van der Waals surface area contributed by atoms with E-state index in [2.05, 4.69) is 21.4 Å². The Balaban J connectivity index is 1.99. The molecule has 2 rings (SSSR count). The third kappa shape index (κ3) is 1.89. The van der Waals surface area contributed by atoms with Gasteiger partial charge in [-0.25, -0.2) is 0 Å². The number of hydrogen-bond donors (Lipinski definition) is 0. The van der Waals surface area contributed by atoms with Crippen LogP contribution in [0.1, 0.15) is 12.8 Å². The summed E-state index contributed by atoms with van der Waals surface area (Å²) in [6.45, 7) is 1.75. The highest BCUT2D eigenvalue weighted by Crippen LogP contribution is 2.19. The largest absolute Gasteiger partial charge is 0.355 e. The van der Waals surface area contributed by atoms with Gasteiger partial charge in [-0.15, -0.1) is 5.10 Å². The van der Waals surface area contributed by atoms with Gasteiger partial charge in [0.05, 0.1) is 0 Å². The Morgan fingerprint density at radius 2 is 2.21 bits per heavy atom. The van der Waals surface area contributed by atoms with Gasteiger partial charge in [-0.3, -0.25) is 4.79 Å². The molecule has 14 heavy (non-hydrogen) atoms. The van der Waals surface area contributed by atoms with Crippen molar-refractivity contribution in [2.75, 3.05) is 18.0 Å². The first kappa shape index (κ1) is 9.12. The minimum absolute atomic E-state index is 0.114. The molecule has 1 radical (unpaired) electrons. The average molecular weight is 190 g/mol. The Hall–Kier alpha value is -1.45. The number of hydrogen-bond acceptors (Lipinski definition) is 4. The smallest absolute Gasteiger partial charge is 0.201 e. The molecule has 1 aromatic heterocycles. The van der Waals surface area contributed by atoms with Crippen LogP contribution in [0.3, 0.4) is 0 Å². The van der Waals surface area contributed by atoms with Crippen LogP contribution in [-0.2, 0) is 4.79 Å². The summed E-state index contributed by atoms with van der Waals surface area (Å²) in [4.78, 5) is 12.6. The number of aromatic nitrogens is 2. The second kappa shape index (κ2) is 4.17. The Morgan fingerprint density at radius 3 is 2.79 bits per heavy atom. The summed E-state index contributed by atoms with van der Waals surface area (Å²) >= 11 is 0. The molecule has 0 aliphatic carbocycles. The standard InChI is InChI=1S/C10H12N3O/c14-8-9-3-6-13(7-4-9)10-2-1-5-11-12-10/h1-2,5,9H,3-4,6-7H2. The lowest BCUT2D eigenvalue weighted by Gasteiger charge is -2.29. The third-order valence-corrected chi connectivity index (χ3v) is 2.54. The molecule has 0 saturated carbocycles. The molecule has 1 saturated heterocycles. The summed E-state index contributed by atoms with van der Waals surface area (Å²) in [6, 6.07) is 3.82. The molecule has 2 heterocycles. The van der Waals surface area contributed by atoms with Gasteiger partial charge < -0.3 is 4.90 Å². The zero-order chi connectivity index (χ0) is 9.80. The first-order valence-corrected chi connectivity index (χ1v) is 4.80. The van der Waals surface area contributed by atoms with Crippen molar-refractivity contribution in [3.8, 4) is 0 Å². The molecule has 0 unspecified atom stereocenters. The molecule has 0 amide bonds. The van der Waals surface area contributed by atoms with E-state index in [-0.39, 0.29) is 5.92 Å². The minimum atomic E-state index is 0.114. The summed E-state index contributed by atoms with van der Waals surface area (Å²) in [6.07, 6.45) is 5.48. The topological polar surface area (TPSA) is 46.1 Å². The molecule has 1 aliphatic rings. The summed E-state index contributed by atoms with van der Waals surface area (Å²) < 4.78 is 0. The van der Waals surface area contributed by atoms with E-state index >= 15 is 0 Å². The van der Waals surface area contributed by atoms with Crippen molar-refractivity contribution < 1.29 is 4.79 Å². The van der Waals surface area contributed by atoms with E-state index in [1.54, 1.807) is 6.20 Å². The molecule has 1 aromatic rings. The summed E-state index contributed by atoms with van der Waals surface area (Å²) in [5, 5.41) is 7.86. The van der Waals surface area contributed by atoms with Crippen LogP contribution in [0.5, 0.6) is 0 Å². The molecule has 1 aliphatic heterocycles. The Morgan fingerprint density at radius 1 is 1.43 bits per heavy atom. The van der Waals surface area contributed by atoms with Crippen molar-refractivity contribution in [3.05, 3.63) is 18.3 Å². The number of anilines is 1. The van der Waals surface area contributed by atoms with Gasteiger partial charge in [0.15, 0.2) is 5.82 Å². The van der Waals surface area contributed by atoms with Crippen LogP contribution in [0, 0.1) is 5.92 Å². The van der Waals surface area contributed by atoms with Crippen LogP contribution in [0.2, 0.25) is 0 Å². The fourth-order valence-electron chi connectivity index (χ4n) is 1.69. The van der Waals surface area contributed by atoms with Crippen molar-refractivity contribution in [1.82, 2.24) is 10.2 Å². The van der Waals surface area contributed by atoms with Gasteiger partial charge in [0.2, 0.25) is 6.29 Å². The van der Waals surface area contributed by atoms with Crippen LogP contribution < -0.4 is 4.90 Å². The second-order valence-corrected chi connectivity index (χ2v) is 3.46. The van der Waals surface area contributed by atoms with E-state index in [4.69, 9.17) is 0 Å². The number of carbonyl (C=O) groups excluding carboxylic acids is 1. The Kier molecular flexibility index (Phi) is 2.72. The number of nitrogens with zero attached hydrogens (tertiary/aromatic N) is 3.